The summed E-state index contributed by atoms with van der Waals surface area (Å²) in [5, 5.41) is 6.27. The van der Waals surface area contributed by atoms with E-state index >= 15 is 0 Å². The molecule has 5 nitrogen and oxygen atoms in total. The summed E-state index contributed by atoms with van der Waals surface area (Å²) >= 11 is 0. The van der Waals surface area contributed by atoms with E-state index in [1.807, 2.05) is 18.2 Å². The molecule has 2 N–H and O–H groups in total. The van der Waals surface area contributed by atoms with Gasteiger partial charge in [0.15, 0.2) is 0 Å². The first kappa shape index (κ1) is 19.4. The van der Waals surface area contributed by atoms with E-state index < -0.39 is 0 Å². The Kier molecular flexibility index (Phi) is 5.64. The number of rotatable bonds is 5. The molecule has 0 saturated carbocycles. The minimum absolute atomic E-state index is 0.000370. The van der Waals surface area contributed by atoms with Crippen molar-refractivity contribution in [3.05, 3.63) is 78.1 Å². The van der Waals surface area contributed by atoms with Crippen LogP contribution in [0, 0.1) is 0 Å². The summed E-state index contributed by atoms with van der Waals surface area (Å²) in [4.78, 5) is 16.8. The summed E-state index contributed by atoms with van der Waals surface area (Å²) in [5.74, 6) is 0.522. The van der Waals surface area contributed by atoms with Crippen LogP contribution in [0.15, 0.2) is 67.0 Å². The van der Waals surface area contributed by atoms with Crippen LogP contribution in [0.25, 0.3) is 0 Å². The summed E-state index contributed by atoms with van der Waals surface area (Å²) < 4.78 is 5.13. The maximum absolute atomic E-state index is 12.6. The van der Waals surface area contributed by atoms with Crippen molar-refractivity contribution in [3.8, 4) is 5.75 Å². The quantitative estimate of drug-likeness (QED) is 0.628. The Morgan fingerprint density at radius 2 is 1.68 bits per heavy atom. The SMILES string of the molecule is COc1ccc(NC(=O)c2cncc(Nc3ccccc3C(C)(C)C)c2)cc1. The van der Waals surface area contributed by atoms with Gasteiger partial charge in [-0.25, -0.2) is 0 Å². The second-order valence-corrected chi connectivity index (χ2v) is 7.57. The van der Waals surface area contributed by atoms with Gasteiger partial charge in [-0.3, -0.25) is 9.78 Å². The molecule has 0 aliphatic carbocycles. The Hall–Kier alpha value is -3.34. The van der Waals surface area contributed by atoms with Crippen LogP contribution in [0.1, 0.15) is 36.7 Å². The number of methoxy groups -OCH3 is 1. The largest absolute Gasteiger partial charge is 0.497 e. The fourth-order valence-electron chi connectivity index (χ4n) is 2.91. The summed E-state index contributed by atoms with van der Waals surface area (Å²) in [7, 11) is 1.61. The third-order valence-corrected chi connectivity index (χ3v) is 4.36. The molecule has 1 heterocycles. The van der Waals surface area contributed by atoms with E-state index in [0.717, 1.165) is 17.1 Å². The molecule has 0 aliphatic heterocycles. The summed E-state index contributed by atoms with van der Waals surface area (Å²) in [6.45, 7) is 6.51. The van der Waals surface area contributed by atoms with Crippen LogP contribution in [0.3, 0.4) is 0 Å². The highest BCUT2D eigenvalue weighted by Crippen LogP contribution is 2.31. The molecule has 0 aliphatic rings. The molecule has 1 amide bonds. The van der Waals surface area contributed by atoms with Crippen molar-refractivity contribution in [1.82, 2.24) is 4.98 Å². The molecule has 0 saturated heterocycles. The Labute approximate surface area is 165 Å². The third-order valence-electron chi connectivity index (χ3n) is 4.36. The van der Waals surface area contributed by atoms with Crippen molar-refractivity contribution in [2.75, 3.05) is 17.7 Å². The monoisotopic (exact) mass is 375 g/mol. The molecular formula is C23H25N3O2. The van der Waals surface area contributed by atoms with Crippen molar-refractivity contribution in [3.63, 3.8) is 0 Å². The van der Waals surface area contributed by atoms with Crippen LogP contribution in [-0.2, 0) is 5.41 Å². The van der Waals surface area contributed by atoms with Gasteiger partial charge in [0.05, 0.1) is 24.6 Å². The molecule has 0 atom stereocenters. The van der Waals surface area contributed by atoms with E-state index in [1.54, 1.807) is 49.8 Å². The number of nitrogens with one attached hydrogen (secondary N) is 2. The van der Waals surface area contributed by atoms with E-state index in [2.05, 4.69) is 42.5 Å². The van der Waals surface area contributed by atoms with Crippen LogP contribution >= 0.6 is 0 Å². The third kappa shape index (κ3) is 4.68. The van der Waals surface area contributed by atoms with Gasteiger partial charge < -0.3 is 15.4 Å². The molecule has 0 fully saturated rings. The van der Waals surface area contributed by atoms with E-state index in [0.29, 0.717) is 11.3 Å². The maximum Gasteiger partial charge on any atom is 0.257 e. The Balaban J connectivity index is 1.78. The van der Waals surface area contributed by atoms with Gasteiger partial charge >= 0.3 is 0 Å². The lowest BCUT2D eigenvalue weighted by Gasteiger charge is -2.23. The number of hydrogen-bond donors (Lipinski definition) is 2. The molecule has 0 spiro atoms. The Morgan fingerprint density at radius 3 is 2.36 bits per heavy atom. The van der Waals surface area contributed by atoms with Gasteiger partial charge in [0.25, 0.3) is 5.91 Å². The highest BCUT2D eigenvalue weighted by atomic mass is 16.5. The first-order valence-corrected chi connectivity index (χ1v) is 9.14. The van der Waals surface area contributed by atoms with E-state index in [4.69, 9.17) is 4.74 Å². The van der Waals surface area contributed by atoms with E-state index in [-0.39, 0.29) is 11.3 Å². The first-order valence-electron chi connectivity index (χ1n) is 9.14. The first-order chi connectivity index (χ1) is 13.4. The van der Waals surface area contributed by atoms with Crippen LogP contribution in [-0.4, -0.2) is 18.0 Å². The molecule has 3 aromatic rings. The van der Waals surface area contributed by atoms with Crippen LogP contribution < -0.4 is 15.4 Å². The molecule has 0 radical (unpaired) electrons. The number of anilines is 3. The predicted octanol–water partition coefficient (Wildman–Crippen LogP) is 5.38. The lowest BCUT2D eigenvalue weighted by molar-refractivity contribution is 0.102. The topological polar surface area (TPSA) is 63.2 Å². The fourth-order valence-corrected chi connectivity index (χ4v) is 2.91. The number of amides is 1. The number of carbonyl (C=O) groups is 1. The van der Waals surface area contributed by atoms with Crippen LogP contribution in [0.2, 0.25) is 0 Å². The molecule has 3 rings (SSSR count). The maximum atomic E-state index is 12.6. The number of benzene rings is 2. The van der Waals surface area contributed by atoms with Gasteiger partial charge in [-0.2, -0.15) is 0 Å². The number of aromatic nitrogens is 1. The Morgan fingerprint density at radius 1 is 0.964 bits per heavy atom. The number of para-hydroxylation sites is 1. The predicted molar refractivity (Wildman–Crippen MR) is 114 cm³/mol. The molecule has 0 unspecified atom stereocenters. The molecule has 5 heteroatoms. The van der Waals surface area contributed by atoms with Crippen LogP contribution in [0.4, 0.5) is 17.1 Å². The second-order valence-electron chi connectivity index (χ2n) is 7.57. The van der Waals surface area contributed by atoms with Gasteiger partial charge in [0, 0.05) is 17.6 Å². The van der Waals surface area contributed by atoms with Gasteiger partial charge in [0.1, 0.15) is 5.75 Å². The van der Waals surface area contributed by atoms with Crippen molar-refractivity contribution >= 4 is 23.0 Å². The lowest BCUT2D eigenvalue weighted by atomic mass is 9.86. The highest BCUT2D eigenvalue weighted by molar-refractivity contribution is 6.04. The van der Waals surface area contributed by atoms with E-state index in [1.165, 1.54) is 5.56 Å². The zero-order chi connectivity index (χ0) is 20.1. The van der Waals surface area contributed by atoms with Gasteiger partial charge in [-0.15, -0.1) is 0 Å². The smallest absolute Gasteiger partial charge is 0.257 e. The zero-order valence-corrected chi connectivity index (χ0v) is 16.6. The normalized spacial score (nSPS) is 11.0. The number of ether oxygens (including phenoxy) is 1. The van der Waals surface area contributed by atoms with Crippen molar-refractivity contribution < 1.29 is 9.53 Å². The zero-order valence-electron chi connectivity index (χ0n) is 16.6. The molecule has 144 valence electrons. The summed E-state index contributed by atoms with van der Waals surface area (Å²) in [6, 6.07) is 17.2. The fraction of sp³-hybridized carbons (Fsp3) is 0.217. The minimum atomic E-state index is -0.217. The number of hydrogen-bond acceptors (Lipinski definition) is 4. The van der Waals surface area contributed by atoms with E-state index in [9.17, 15) is 4.79 Å². The Bertz CT molecular complexity index is 960. The second kappa shape index (κ2) is 8.13. The summed E-state index contributed by atoms with van der Waals surface area (Å²) in [5.41, 5.74) is 4.14. The van der Waals surface area contributed by atoms with Gasteiger partial charge in [0.2, 0.25) is 0 Å². The van der Waals surface area contributed by atoms with Crippen molar-refractivity contribution in [2.45, 2.75) is 26.2 Å². The van der Waals surface area contributed by atoms with Gasteiger partial charge in [-0.05, 0) is 47.4 Å². The average molecular weight is 375 g/mol. The average Bonchev–Trinajstić information content (AvgIpc) is 2.68. The van der Waals surface area contributed by atoms with Crippen LogP contribution in [0.5, 0.6) is 5.75 Å². The lowest BCUT2D eigenvalue weighted by Crippen LogP contribution is -2.14. The standard InChI is InChI=1S/C23H25N3O2/c1-23(2,3)20-7-5-6-8-21(20)25-18-13-16(14-24-15-18)22(27)26-17-9-11-19(28-4)12-10-17/h5-15,25H,1-4H3,(H,26,27). The molecular weight excluding hydrogens is 350 g/mol. The molecule has 2 aromatic carbocycles. The molecule has 1 aromatic heterocycles. The number of carbonyl (C=O) groups excluding carboxylic acids is 1. The highest BCUT2D eigenvalue weighted by Gasteiger charge is 2.17. The number of nitrogens with zero attached hydrogens (tertiary/aromatic N) is 1. The molecule has 0 bridgehead atoms. The van der Waals surface area contributed by atoms with Gasteiger partial charge in [-0.1, -0.05) is 39.0 Å². The molecule has 28 heavy (non-hydrogen) atoms. The van der Waals surface area contributed by atoms with Crippen molar-refractivity contribution in [2.24, 2.45) is 0 Å². The minimum Gasteiger partial charge on any atom is -0.497 e. The summed E-state index contributed by atoms with van der Waals surface area (Å²) in [6.07, 6.45) is 3.27. The number of pyridine rings is 1. The van der Waals surface area contributed by atoms with Crippen molar-refractivity contribution in [1.29, 1.82) is 0 Å².